The molecule has 4 nitrogen and oxygen atoms in total. The van der Waals surface area contributed by atoms with Crippen LogP contribution < -0.4 is 0 Å². The van der Waals surface area contributed by atoms with Crippen molar-refractivity contribution < 1.29 is 13.2 Å². The lowest BCUT2D eigenvalue weighted by molar-refractivity contribution is -0.141. The second kappa shape index (κ2) is 6.46. The Labute approximate surface area is 123 Å². The second-order valence-electron chi connectivity index (χ2n) is 6.94. The van der Waals surface area contributed by atoms with E-state index in [-0.39, 0.29) is 17.4 Å². The van der Waals surface area contributed by atoms with Crippen LogP contribution in [0.25, 0.3) is 0 Å². The van der Waals surface area contributed by atoms with E-state index in [0.717, 1.165) is 12.8 Å². The van der Waals surface area contributed by atoms with Crippen molar-refractivity contribution in [1.82, 2.24) is 4.90 Å². The summed E-state index contributed by atoms with van der Waals surface area (Å²) in [6.45, 7) is 11.2. The minimum absolute atomic E-state index is 0.103. The molecular weight excluding hydrogens is 274 g/mol. The monoisotopic (exact) mass is 303 g/mol. The summed E-state index contributed by atoms with van der Waals surface area (Å²) in [5.74, 6) is 1.41. The van der Waals surface area contributed by atoms with Gasteiger partial charge in [0.05, 0.1) is 11.5 Å². The maximum atomic E-state index is 12.6. The summed E-state index contributed by atoms with van der Waals surface area (Å²) in [6, 6.07) is 0. The van der Waals surface area contributed by atoms with Gasteiger partial charge in [0.15, 0.2) is 9.84 Å². The molecule has 1 saturated heterocycles. The van der Waals surface area contributed by atoms with Crippen molar-refractivity contribution in [3.63, 3.8) is 0 Å². The zero-order chi connectivity index (χ0) is 15.6. The summed E-state index contributed by atoms with van der Waals surface area (Å²) in [7, 11) is -2.93. The normalized spacial score (nSPS) is 21.0. The molecule has 0 N–H and O–H groups in total. The molecule has 5 heteroatoms. The van der Waals surface area contributed by atoms with Crippen LogP contribution in [0.15, 0.2) is 0 Å². The quantitative estimate of drug-likeness (QED) is 0.783. The maximum absolute atomic E-state index is 12.6. The molecule has 1 unspecified atom stereocenters. The molecule has 1 aliphatic rings. The van der Waals surface area contributed by atoms with Crippen LogP contribution in [0.5, 0.6) is 0 Å². The second-order valence-corrected chi connectivity index (χ2v) is 9.25. The highest BCUT2D eigenvalue weighted by Crippen LogP contribution is 2.33. The molecule has 1 fully saturated rings. The van der Waals surface area contributed by atoms with Gasteiger partial charge in [0.1, 0.15) is 0 Å². The van der Waals surface area contributed by atoms with E-state index in [4.69, 9.17) is 0 Å². The highest BCUT2D eigenvalue weighted by Gasteiger charge is 2.36. The molecule has 1 amide bonds. The lowest BCUT2D eigenvalue weighted by atomic mass is 9.76. The van der Waals surface area contributed by atoms with Crippen molar-refractivity contribution >= 4 is 15.7 Å². The van der Waals surface area contributed by atoms with Crippen LogP contribution in [-0.4, -0.2) is 43.8 Å². The molecule has 1 atom stereocenters. The minimum atomic E-state index is -2.93. The standard InChI is InChI=1S/C15H29NO3S/c1-6-13(12(2)3)11-15(4,5)14(17)16-7-9-20(18,19)10-8-16/h12-13H,6-11H2,1-5H3. The number of rotatable bonds is 5. The molecule has 1 heterocycles. The summed E-state index contributed by atoms with van der Waals surface area (Å²) >= 11 is 0. The van der Waals surface area contributed by atoms with E-state index in [2.05, 4.69) is 20.8 Å². The largest absolute Gasteiger partial charge is 0.340 e. The van der Waals surface area contributed by atoms with Gasteiger partial charge in [-0.3, -0.25) is 4.79 Å². The van der Waals surface area contributed by atoms with E-state index in [1.54, 1.807) is 4.90 Å². The lowest BCUT2D eigenvalue weighted by Gasteiger charge is -2.36. The van der Waals surface area contributed by atoms with Crippen molar-refractivity contribution in [1.29, 1.82) is 0 Å². The van der Waals surface area contributed by atoms with Crippen LogP contribution in [0, 0.1) is 17.3 Å². The van der Waals surface area contributed by atoms with Crippen molar-refractivity contribution in [2.45, 2.75) is 47.5 Å². The van der Waals surface area contributed by atoms with Crippen LogP contribution in [0.1, 0.15) is 47.5 Å². The van der Waals surface area contributed by atoms with Gasteiger partial charge in [-0.25, -0.2) is 8.42 Å². The summed E-state index contributed by atoms with van der Waals surface area (Å²) in [4.78, 5) is 14.4. The summed E-state index contributed by atoms with van der Waals surface area (Å²) in [6.07, 6.45) is 1.94. The predicted octanol–water partition coefficient (Wildman–Crippen LogP) is 2.34. The molecule has 1 aliphatic heterocycles. The van der Waals surface area contributed by atoms with Gasteiger partial charge in [0, 0.05) is 18.5 Å². The number of amides is 1. The molecule has 0 aromatic rings. The summed E-state index contributed by atoms with van der Waals surface area (Å²) < 4.78 is 22.9. The Morgan fingerprint density at radius 3 is 2.10 bits per heavy atom. The van der Waals surface area contributed by atoms with Crippen LogP contribution in [0.3, 0.4) is 0 Å². The van der Waals surface area contributed by atoms with Gasteiger partial charge in [0.2, 0.25) is 5.91 Å². The third-order valence-electron chi connectivity index (χ3n) is 4.45. The Morgan fingerprint density at radius 1 is 1.20 bits per heavy atom. The first-order valence-corrected chi connectivity index (χ1v) is 9.41. The van der Waals surface area contributed by atoms with E-state index in [1.165, 1.54) is 0 Å². The van der Waals surface area contributed by atoms with E-state index >= 15 is 0 Å². The first-order valence-electron chi connectivity index (χ1n) is 7.59. The van der Waals surface area contributed by atoms with Crippen molar-refractivity contribution in [3.8, 4) is 0 Å². The van der Waals surface area contributed by atoms with Gasteiger partial charge in [-0.15, -0.1) is 0 Å². The summed E-state index contributed by atoms with van der Waals surface area (Å²) in [5, 5.41) is 0. The highest BCUT2D eigenvalue weighted by atomic mass is 32.2. The maximum Gasteiger partial charge on any atom is 0.228 e. The fourth-order valence-corrected chi connectivity index (χ4v) is 4.14. The van der Waals surface area contributed by atoms with Crippen molar-refractivity contribution in [3.05, 3.63) is 0 Å². The molecular formula is C15H29NO3S. The zero-order valence-electron chi connectivity index (χ0n) is 13.5. The summed E-state index contributed by atoms with van der Waals surface area (Å²) in [5.41, 5.74) is -0.411. The van der Waals surface area contributed by atoms with E-state index in [1.807, 2.05) is 13.8 Å². The fraction of sp³-hybridized carbons (Fsp3) is 0.933. The van der Waals surface area contributed by atoms with Crippen molar-refractivity contribution in [2.24, 2.45) is 17.3 Å². The Morgan fingerprint density at radius 2 is 1.70 bits per heavy atom. The Bertz CT molecular complexity index is 426. The first-order chi connectivity index (χ1) is 9.09. The Kier molecular flexibility index (Phi) is 5.64. The molecule has 1 rings (SSSR count). The molecule has 0 aromatic heterocycles. The topological polar surface area (TPSA) is 54.5 Å². The highest BCUT2D eigenvalue weighted by molar-refractivity contribution is 7.91. The average Bonchev–Trinajstić information content (AvgIpc) is 2.35. The van der Waals surface area contributed by atoms with E-state index < -0.39 is 15.3 Å². The molecule has 0 saturated carbocycles. The van der Waals surface area contributed by atoms with Crippen molar-refractivity contribution in [2.75, 3.05) is 24.6 Å². The molecule has 0 aromatic carbocycles. The van der Waals surface area contributed by atoms with Gasteiger partial charge >= 0.3 is 0 Å². The average molecular weight is 303 g/mol. The van der Waals surface area contributed by atoms with E-state index in [9.17, 15) is 13.2 Å². The molecule has 0 bridgehead atoms. The van der Waals surface area contributed by atoms with Crippen LogP contribution in [0.2, 0.25) is 0 Å². The number of hydrogen-bond acceptors (Lipinski definition) is 3. The molecule has 0 aliphatic carbocycles. The predicted molar refractivity (Wildman–Crippen MR) is 82.3 cm³/mol. The number of carbonyl (C=O) groups excluding carboxylic acids is 1. The SMILES string of the molecule is CCC(CC(C)(C)C(=O)N1CCS(=O)(=O)CC1)C(C)C. The Hall–Kier alpha value is -0.580. The van der Waals surface area contributed by atoms with Gasteiger partial charge in [-0.05, 0) is 18.3 Å². The fourth-order valence-electron chi connectivity index (χ4n) is 2.94. The Balaban J connectivity index is 2.70. The number of hydrogen-bond donors (Lipinski definition) is 0. The lowest BCUT2D eigenvalue weighted by Crippen LogP contribution is -2.49. The molecule has 0 spiro atoms. The number of carbonyl (C=O) groups is 1. The van der Waals surface area contributed by atoms with Crippen LogP contribution >= 0.6 is 0 Å². The zero-order valence-corrected chi connectivity index (χ0v) is 14.3. The molecule has 0 radical (unpaired) electrons. The van der Waals surface area contributed by atoms with Gasteiger partial charge < -0.3 is 4.90 Å². The van der Waals surface area contributed by atoms with Crippen LogP contribution in [-0.2, 0) is 14.6 Å². The van der Waals surface area contributed by atoms with Gasteiger partial charge in [-0.1, -0.05) is 41.0 Å². The van der Waals surface area contributed by atoms with Crippen LogP contribution in [0.4, 0.5) is 0 Å². The molecule has 118 valence electrons. The minimum Gasteiger partial charge on any atom is -0.340 e. The number of nitrogens with zero attached hydrogens (tertiary/aromatic N) is 1. The van der Waals surface area contributed by atoms with E-state index in [0.29, 0.717) is 24.9 Å². The molecule has 20 heavy (non-hydrogen) atoms. The smallest absolute Gasteiger partial charge is 0.228 e. The number of sulfone groups is 1. The van der Waals surface area contributed by atoms with Gasteiger partial charge in [0.25, 0.3) is 0 Å². The first kappa shape index (κ1) is 17.5. The third kappa shape index (κ3) is 4.47. The van der Waals surface area contributed by atoms with Gasteiger partial charge in [-0.2, -0.15) is 0 Å². The third-order valence-corrected chi connectivity index (χ3v) is 6.06.